The first-order valence-corrected chi connectivity index (χ1v) is 5.80. The highest BCUT2D eigenvalue weighted by Gasteiger charge is 2.01. The Kier molecular flexibility index (Phi) is 4.46. The number of benzene rings is 1. The van der Waals surface area contributed by atoms with Crippen molar-refractivity contribution in [1.29, 1.82) is 0 Å². The number of halogens is 1. The van der Waals surface area contributed by atoms with E-state index in [9.17, 15) is 0 Å². The first-order chi connectivity index (χ1) is 6.27. The Morgan fingerprint density at radius 1 is 1.38 bits per heavy atom. The van der Waals surface area contributed by atoms with Gasteiger partial charge in [-0.15, -0.1) is 11.8 Å². The minimum Gasteiger partial charge on any atom is -0.384 e. The van der Waals surface area contributed by atoms with Crippen LogP contribution in [0.1, 0.15) is 13.8 Å². The highest BCUT2D eigenvalue weighted by atomic mass is 35.5. The van der Waals surface area contributed by atoms with Crippen LogP contribution in [0.5, 0.6) is 0 Å². The first kappa shape index (κ1) is 10.7. The zero-order chi connectivity index (χ0) is 9.68. The molecule has 0 bridgehead atoms. The van der Waals surface area contributed by atoms with Gasteiger partial charge in [0, 0.05) is 22.2 Å². The molecule has 0 heterocycles. The summed E-state index contributed by atoms with van der Waals surface area (Å²) >= 11 is 7.73. The molecule has 0 aliphatic carbocycles. The van der Waals surface area contributed by atoms with Crippen molar-refractivity contribution in [2.24, 2.45) is 0 Å². The quantitative estimate of drug-likeness (QED) is 0.765. The van der Waals surface area contributed by atoms with Crippen LogP contribution in [0.4, 0.5) is 5.69 Å². The Morgan fingerprint density at radius 3 is 2.77 bits per heavy atom. The predicted octanol–water partition coefficient (Wildman–Crippen LogP) is 3.88. The second-order valence-corrected chi connectivity index (χ2v) is 4.35. The molecule has 0 unspecified atom stereocenters. The van der Waals surface area contributed by atoms with Gasteiger partial charge in [0.15, 0.2) is 0 Å². The van der Waals surface area contributed by atoms with Gasteiger partial charge in [-0.3, -0.25) is 0 Å². The van der Waals surface area contributed by atoms with E-state index >= 15 is 0 Å². The summed E-state index contributed by atoms with van der Waals surface area (Å²) in [7, 11) is 0. The smallest absolute Gasteiger partial charge is 0.0493 e. The van der Waals surface area contributed by atoms with Crippen LogP contribution >= 0.6 is 23.4 Å². The van der Waals surface area contributed by atoms with Gasteiger partial charge in [0.25, 0.3) is 0 Å². The van der Waals surface area contributed by atoms with Gasteiger partial charge in [-0.1, -0.05) is 18.5 Å². The predicted molar refractivity (Wildman–Crippen MR) is 62.0 cm³/mol. The van der Waals surface area contributed by atoms with E-state index in [2.05, 4.69) is 25.2 Å². The fourth-order valence-electron chi connectivity index (χ4n) is 1.11. The molecule has 0 aliphatic heterocycles. The molecule has 13 heavy (non-hydrogen) atoms. The Bertz CT molecular complexity index is 276. The van der Waals surface area contributed by atoms with E-state index < -0.39 is 0 Å². The molecule has 1 N–H and O–H groups in total. The molecule has 0 aromatic heterocycles. The summed E-state index contributed by atoms with van der Waals surface area (Å²) < 4.78 is 0. The van der Waals surface area contributed by atoms with Crippen LogP contribution in [0.3, 0.4) is 0 Å². The number of nitrogens with one attached hydrogen (secondary N) is 1. The van der Waals surface area contributed by atoms with Gasteiger partial charge in [0.1, 0.15) is 0 Å². The number of rotatable bonds is 4. The lowest BCUT2D eigenvalue weighted by Crippen LogP contribution is -1.97. The van der Waals surface area contributed by atoms with Gasteiger partial charge in [-0.25, -0.2) is 0 Å². The zero-order valence-corrected chi connectivity index (χ0v) is 9.50. The fraction of sp³-hybridized carbons (Fsp3) is 0.400. The Balaban J connectivity index is 2.89. The molecule has 0 atom stereocenters. The van der Waals surface area contributed by atoms with Crippen LogP contribution < -0.4 is 5.32 Å². The average Bonchev–Trinajstić information content (AvgIpc) is 2.10. The van der Waals surface area contributed by atoms with Gasteiger partial charge < -0.3 is 5.32 Å². The van der Waals surface area contributed by atoms with E-state index in [1.54, 1.807) is 0 Å². The summed E-state index contributed by atoms with van der Waals surface area (Å²) in [4.78, 5) is 1.27. The molecule has 1 aromatic carbocycles. The van der Waals surface area contributed by atoms with E-state index in [0.29, 0.717) is 0 Å². The molecular weight excluding hydrogens is 202 g/mol. The van der Waals surface area contributed by atoms with Crippen LogP contribution in [0, 0.1) is 0 Å². The highest BCUT2D eigenvalue weighted by molar-refractivity contribution is 7.99. The number of hydrogen-bond donors (Lipinski definition) is 1. The number of hydrogen-bond acceptors (Lipinski definition) is 2. The van der Waals surface area contributed by atoms with Crippen molar-refractivity contribution < 1.29 is 0 Å². The standard InChI is InChI=1S/C10H14ClNS/c1-3-12-9-7-8(11)5-6-10(9)13-4-2/h5-7,12H,3-4H2,1-2H3. The molecule has 0 spiro atoms. The van der Waals surface area contributed by atoms with E-state index in [-0.39, 0.29) is 0 Å². The molecule has 0 saturated carbocycles. The van der Waals surface area contributed by atoms with E-state index in [4.69, 9.17) is 11.6 Å². The SMILES string of the molecule is CCNc1cc(Cl)ccc1SCC. The molecule has 0 radical (unpaired) electrons. The maximum atomic E-state index is 5.90. The second-order valence-electron chi connectivity index (χ2n) is 2.60. The molecule has 0 aliphatic rings. The molecule has 0 amide bonds. The molecule has 0 fully saturated rings. The van der Waals surface area contributed by atoms with Gasteiger partial charge in [-0.2, -0.15) is 0 Å². The second kappa shape index (κ2) is 5.40. The van der Waals surface area contributed by atoms with Gasteiger partial charge >= 0.3 is 0 Å². The number of thioether (sulfide) groups is 1. The van der Waals surface area contributed by atoms with Crippen molar-refractivity contribution in [2.75, 3.05) is 17.6 Å². The summed E-state index contributed by atoms with van der Waals surface area (Å²) in [6.45, 7) is 5.16. The summed E-state index contributed by atoms with van der Waals surface area (Å²) in [6, 6.07) is 5.97. The third-order valence-corrected chi connectivity index (χ3v) is 2.80. The topological polar surface area (TPSA) is 12.0 Å². The molecule has 1 nitrogen and oxygen atoms in total. The fourth-order valence-corrected chi connectivity index (χ4v) is 2.05. The summed E-state index contributed by atoms with van der Waals surface area (Å²) in [5.41, 5.74) is 1.14. The van der Waals surface area contributed by atoms with Crippen molar-refractivity contribution >= 4 is 29.1 Å². The Morgan fingerprint density at radius 2 is 2.15 bits per heavy atom. The molecule has 0 saturated heterocycles. The molecule has 1 rings (SSSR count). The normalized spacial score (nSPS) is 10.1. The van der Waals surface area contributed by atoms with E-state index in [1.807, 2.05) is 23.9 Å². The van der Waals surface area contributed by atoms with E-state index in [1.165, 1.54) is 4.90 Å². The molecular formula is C10H14ClNS. The van der Waals surface area contributed by atoms with Crippen molar-refractivity contribution in [3.05, 3.63) is 23.2 Å². The van der Waals surface area contributed by atoms with Crippen LogP contribution in [-0.2, 0) is 0 Å². The number of anilines is 1. The van der Waals surface area contributed by atoms with Crippen LogP contribution in [0.15, 0.2) is 23.1 Å². The van der Waals surface area contributed by atoms with Crippen molar-refractivity contribution in [3.8, 4) is 0 Å². The Labute approximate surface area is 88.9 Å². The summed E-state index contributed by atoms with van der Waals surface area (Å²) in [5, 5.41) is 4.08. The van der Waals surface area contributed by atoms with Crippen LogP contribution in [-0.4, -0.2) is 12.3 Å². The van der Waals surface area contributed by atoms with Crippen LogP contribution in [0.25, 0.3) is 0 Å². The minimum atomic E-state index is 0.788. The average molecular weight is 216 g/mol. The van der Waals surface area contributed by atoms with Gasteiger partial charge in [0.2, 0.25) is 0 Å². The zero-order valence-electron chi connectivity index (χ0n) is 7.93. The third kappa shape index (κ3) is 3.12. The lowest BCUT2D eigenvalue weighted by molar-refractivity contribution is 1.19. The van der Waals surface area contributed by atoms with Gasteiger partial charge in [0.05, 0.1) is 0 Å². The maximum Gasteiger partial charge on any atom is 0.0493 e. The molecule has 72 valence electrons. The first-order valence-electron chi connectivity index (χ1n) is 4.44. The maximum absolute atomic E-state index is 5.90. The molecule has 3 heteroatoms. The van der Waals surface area contributed by atoms with E-state index in [0.717, 1.165) is 23.0 Å². The Hall–Kier alpha value is -0.340. The van der Waals surface area contributed by atoms with Crippen molar-refractivity contribution in [3.63, 3.8) is 0 Å². The molecule has 1 aromatic rings. The lowest BCUT2D eigenvalue weighted by atomic mass is 10.3. The largest absolute Gasteiger partial charge is 0.384 e. The van der Waals surface area contributed by atoms with Crippen molar-refractivity contribution in [1.82, 2.24) is 0 Å². The third-order valence-electron chi connectivity index (χ3n) is 1.61. The highest BCUT2D eigenvalue weighted by Crippen LogP contribution is 2.29. The monoisotopic (exact) mass is 215 g/mol. The lowest BCUT2D eigenvalue weighted by Gasteiger charge is -2.09. The van der Waals surface area contributed by atoms with Gasteiger partial charge in [-0.05, 0) is 30.9 Å². The van der Waals surface area contributed by atoms with Crippen molar-refractivity contribution in [2.45, 2.75) is 18.7 Å². The van der Waals surface area contributed by atoms with Crippen LogP contribution in [0.2, 0.25) is 5.02 Å². The summed E-state index contributed by atoms with van der Waals surface area (Å²) in [5.74, 6) is 1.08. The minimum absolute atomic E-state index is 0.788. The summed E-state index contributed by atoms with van der Waals surface area (Å²) in [6.07, 6.45) is 0.